The summed E-state index contributed by atoms with van der Waals surface area (Å²) >= 11 is 0. The van der Waals surface area contributed by atoms with Crippen molar-refractivity contribution in [2.75, 3.05) is 5.32 Å². The Hall–Kier alpha value is -2.54. The summed E-state index contributed by atoms with van der Waals surface area (Å²) in [6, 6.07) is 17.7. The van der Waals surface area contributed by atoms with E-state index in [4.69, 9.17) is 0 Å². The molecule has 94 valence electrons. The highest BCUT2D eigenvalue weighted by molar-refractivity contribution is 6.07. The number of hydrogen-bond acceptors (Lipinski definition) is 1. The zero-order chi connectivity index (χ0) is 13.1. The van der Waals surface area contributed by atoms with Crippen molar-refractivity contribution in [2.24, 2.45) is 0 Å². The number of nitrogens with one attached hydrogen (secondary N) is 1. The normalized spacial score (nSPS) is 14.0. The van der Waals surface area contributed by atoms with E-state index in [1.807, 2.05) is 6.20 Å². The number of benzene rings is 3. The highest BCUT2D eigenvalue weighted by atomic mass is 14.8. The molecule has 0 saturated carbocycles. The van der Waals surface area contributed by atoms with Crippen LogP contribution in [0.1, 0.15) is 16.7 Å². The highest BCUT2D eigenvalue weighted by Crippen LogP contribution is 2.44. The maximum absolute atomic E-state index is 3.36. The van der Waals surface area contributed by atoms with Gasteiger partial charge in [0.15, 0.2) is 0 Å². The first-order valence-corrected chi connectivity index (χ1v) is 7.02. The van der Waals surface area contributed by atoms with Crippen LogP contribution < -0.4 is 5.32 Å². The Bertz CT molecular complexity index is 903. The van der Waals surface area contributed by atoms with Crippen LogP contribution in [0.4, 0.5) is 5.69 Å². The molecule has 0 radical (unpaired) electrons. The van der Waals surface area contributed by atoms with Gasteiger partial charge in [-0.25, -0.2) is 0 Å². The largest absolute Gasteiger partial charge is 0.361 e. The van der Waals surface area contributed by atoms with Gasteiger partial charge < -0.3 is 5.32 Å². The molecule has 1 aliphatic carbocycles. The molecule has 1 aliphatic heterocycles. The molecule has 0 atom stereocenters. The summed E-state index contributed by atoms with van der Waals surface area (Å²) in [7, 11) is 0. The molecule has 0 fully saturated rings. The molecule has 1 nitrogen and oxygen atoms in total. The van der Waals surface area contributed by atoms with Gasteiger partial charge in [0, 0.05) is 17.3 Å². The first kappa shape index (κ1) is 10.3. The third-order valence-electron chi connectivity index (χ3n) is 4.48. The van der Waals surface area contributed by atoms with Crippen molar-refractivity contribution in [1.82, 2.24) is 0 Å². The van der Waals surface area contributed by atoms with Gasteiger partial charge in [0.25, 0.3) is 0 Å². The Morgan fingerprint density at radius 1 is 0.900 bits per heavy atom. The van der Waals surface area contributed by atoms with Crippen molar-refractivity contribution in [3.8, 4) is 11.1 Å². The van der Waals surface area contributed by atoms with E-state index in [0.29, 0.717) is 0 Å². The zero-order valence-corrected chi connectivity index (χ0v) is 11.0. The molecule has 20 heavy (non-hydrogen) atoms. The average Bonchev–Trinajstić information content (AvgIpc) is 2.87. The lowest BCUT2D eigenvalue weighted by Gasteiger charge is -2.17. The quantitative estimate of drug-likeness (QED) is 0.475. The molecular formula is C19H13N. The molecule has 0 amide bonds. The average molecular weight is 255 g/mol. The second kappa shape index (κ2) is 3.51. The maximum atomic E-state index is 3.36. The summed E-state index contributed by atoms with van der Waals surface area (Å²) in [4.78, 5) is 0. The number of rotatable bonds is 0. The molecule has 3 aromatic rings. The van der Waals surface area contributed by atoms with Crippen LogP contribution in [0.3, 0.4) is 0 Å². The zero-order valence-electron chi connectivity index (χ0n) is 11.0. The molecule has 1 heteroatoms. The molecule has 0 saturated heterocycles. The lowest BCUT2D eigenvalue weighted by Crippen LogP contribution is -1.97. The summed E-state index contributed by atoms with van der Waals surface area (Å²) < 4.78 is 0. The van der Waals surface area contributed by atoms with Crippen molar-refractivity contribution in [1.29, 1.82) is 0 Å². The first-order valence-electron chi connectivity index (χ1n) is 7.02. The van der Waals surface area contributed by atoms with Crippen LogP contribution in [0.15, 0.2) is 54.7 Å². The highest BCUT2D eigenvalue weighted by Gasteiger charge is 2.22. The molecule has 1 N–H and O–H groups in total. The lowest BCUT2D eigenvalue weighted by molar-refractivity contribution is 1.28. The number of fused-ring (bicyclic) bond motifs is 4. The Kier molecular flexibility index (Phi) is 1.80. The van der Waals surface area contributed by atoms with Crippen molar-refractivity contribution in [2.45, 2.75) is 6.42 Å². The third kappa shape index (κ3) is 1.17. The predicted octanol–water partition coefficient (Wildman–Crippen LogP) is 4.81. The fourth-order valence-corrected chi connectivity index (χ4v) is 3.61. The Labute approximate surface area is 117 Å². The molecule has 0 bridgehead atoms. The minimum atomic E-state index is 1.05. The van der Waals surface area contributed by atoms with E-state index in [9.17, 15) is 0 Å². The third-order valence-corrected chi connectivity index (χ3v) is 4.48. The Morgan fingerprint density at radius 3 is 2.85 bits per heavy atom. The lowest BCUT2D eigenvalue weighted by atomic mass is 9.92. The molecule has 1 heterocycles. The van der Waals surface area contributed by atoms with E-state index in [-0.39, 0.29) is 0 Å². The van der Waals surface area contributed by atoms with Gasteiger partial charge in [0.2, 0.25) is 0 Å². The van der Waals surface area contributed by atoms with Crippen LogP contribution in [0, 0.1) is 0 Å². The predicted molar refractivity (Wildman–Crippen MR) is 84.8 cm³/mol. The Balaban J connectivity index is 1.96. The van der Waals surface area contributed by atoms with E-state index >= 15 is 0 Å². The fourth-order valence-electron chi connectivity index (χ4n) is 3.61. The molecule has 3 aromatic carbocycles. The van der Waals surface area contributed by atoms with Gasteiger partial charge in [-0.2, -0.15) is 0 Å². The minimum absolute atomic E-state index is 1.05. The van der Waals surface area contributed by atoms with E-state index in [1.54, 1.807) is 0 Å². The smallest absolute Gasteiger partial charge is 0.0465 e. The topological polar surface area (TPSA) is 12.0 Å². The van der Waals surface area contributed by atoms with E-state index in [2.05, 4.69) is 59.9 Å². The van der Waals surface area contributed by atoms with Gasteiger partial charge in [0.05, 0.1) is 0 Å². The van der Waals surface area contributed by atoms with Gasteiger partial charge in [-0.05, 0) is 57.8 Å². The van der Waals surface area contributed by atoms with Crippen LogP contribution >= 0.6 is 0 Å². The molecule has 5 rings (SSSR count). The van der Waals surface area contributed by atoms with Crippen molar-refractivity contribution < 1.29 is 0 Å². The number of hydrogen-bond donors (Lipinski definition) is 1. The molecule has 0 spiro atoms. The van der Waals surface area contributed by atoms with Crippen LogP contribution in [0.2, 0.25) is 0 Å². The summed E-state index contributed by atoms with van der Waals surface area (Å²) in [6.07, 6.45) is 5.26. The summed E-state index contributed by atoms with van der Waals surface area (Å²) in [5, 5.41) is 6.11. The van der Waals surface area contributed by atoms with Gasteiger partial charge in [-0.15, -0.1) is 0 Å². The SMILES string of the molecule is C1=Cc2cc3c(c4cccc(c24)N1)Cc1ccccc1-3. The van der Waals surface area contributed by atoms with Crippen molar-refractivity contribution >= 4 is 22.5 Å². The monoisotopic (exact) mass is 255 g/mol. The second-order valence-electron chi connectivity index (χ2n) is 5.53. The van der Waals surface area contributed by atoms with Crippen molar-refractivity contribution in [3.05, 3.63) is 71.4 Å². The van der Waals surface area contributed by atoms with E-state index in [1.165, 1.54) is 44.3 Å². The molecule has 2 aliphatic rings. The van der Waals surface area contributed by atoms with Gasteiger partial charge >= 0.3 is 0 Å². The fraction of sp³-hybridized carbons (Fsp3) is 0.0526. The summed E-state index contributed by atoms with van der Waals surface area (Å²) in [6.45, 7) is 0. The van der Waals surface area contributed by atoms with Crippen LogP contribution in [0.25, 0.3) is 28.0 Å². The first-order chi connectivity index (χ1) is 9.92. The van der Waals surface area contributed by atoms with Gasteiger partial charge in [-0.3, -0.25) is 0 Å². The summed E-state index contributed by atoms with van der Waals surface area (Å²) in [5.74, 6) is 0. The standard InChI is InChI=1S/C19H13N/c1-2-5-14-12(4-1)10-17-15-6-3-7-18-19(15)13(8-9-20-18)11-16(14)17/h1-9,11,20H,10H2. The van der Waals surface area contributed by atoms with Crippen molar-refractivity contribution in [3.63, 3.8) is 0 Å². The van der Waals surface area contributed by atoms with E-state index in [0.717, 1.165) is 6.42 Å². The van der Waals surface area contributed by atoms with Gasteiger partial charge in [0.1, 0.15) is 0 Å². The van der Waals surface area contributed by atoms with Crippen LogP contribution in [-0.2, 0) is 6.42 Å². The van der Waals surface area contributed by atoms with Crippen LogP contribution in [0.5, 0.6) is 0 Å². The van der Waals surface area contributed by atoms with Crippen LogP contribution in [-0.4, -0.2) is 0 Å². The van der Waals surface area contributed by atoms with Gasteiger partial charge in [-0.1, -0.05) is 36.4 Å². The second-order valence-corrected chi connectivity index (χ2v) is 5.53. The number of anilines is 1. The van der Waals surface area contributed by atoms with E-state index < -0.39 is 0 Å². The molecule has 0 unspecified atom stereocenters. The molecular weight excluding hydrogens is 242 g/mol. The summed E-state index contributed by atoms with van der Waals surface area (Å²) in [5.41, 5.74) is 8.28. The Morgan fingerprint density at radius 2 is 1.85 bits per heavy atom. The minimum Gasteiger partial charge on any atom is -0.361 e. The molecule has 0 aromatic heterocycles. The maximum Gasteiger partial charge on any atom is 0.0465 e.